The fourth-order valence-electron chi connectivity index (χ4n) is 1.59. The van der Waals surface area contributed by atoms with Crippen LogP contribution in [0, 0.1) is 0 Å². The van der Waals surface area contributed by atoms with Gasteiger partial charge < -0.3 is 4.74 Å². The highest BCUT2D eigenvalue weighted by molar-refractivity contribution is 7.91. The zero-order valence-electron chi connectivity index (χ0n) is 11.5. The number of rotatable bonds is 6. The summed E-state index contributed by atoms with van der Waals surface area (Å²) in [5.74, 6) is -0.701. The summed E-state index contributed by atoms with van der Waals surface area (Å²) in [6.45, 7) is 5.47. The van der Waals surface area contributed by atoms with E-state index in [0.29, 0.717) is 0 Å². The first-order chi connectivity index (χ1) is 8.85. The molecule has 0 fully saturated rings. The number of esters is 1. The predicted molar refractivity (Wildman–Crippen MR) is 73.7 cm³/mol. The lowest BCUT2D eigenvalue weighted by Gasteiger charge is -2.08. The number of benzene rings is 1. The molecule has 0 bridgehead atoms. The third-order valence-corrected chi connectivity index (χ3v) is 4.36. The molecule has 0 radical (unpaired) electrons. The third-order valence-electron chi connectivity index (χ3n) is 2.63. The van der Waals surface area contributed by atoms with E-state index >= 15 is 0 Å². The maximum atomic E-state index is 12.0. The van der Waals surface area contributed by atoms with Gasteiger partial charge in [0.15, 0.2) is 9.84 Å². The molecule has 1 aromatic rings. The van der Waals surface area contributed by atoms with E-state index in [0.717, 1.165) is 12.0 Å². The number of aryl methyl sites for hydroxylation is 1. The molecule has 106 valence electrons. The fraction of sp³-hybridized carbons (Fsp3) is 0.500. The molecular formula is C14H20O4S. The van der Waals surface area contributed by atoms with E-state index in [1.807, 2.05) is 6.92 Å². The molecule has 5 heteroatoms. The SMILES string of the molecule is CCc1ccc(S(=O)(=O)CCC(=O)OC(C)C)cc1. The van der Waals surface area contributed by atoms with Gasteiger partial charge in [-0.05, 0) is 38.0 Å². The van der Waals surface area contributed by atoms with Crippen molar-refractivity contribution in [2.45, 2.75) is 44.6 Å². The average Bonchev–Trinajstić information content (AvgIpc) is 2.36. The van der Waals surface area contributed by atoms with Gasteiger partial charge in [0.05, 0.1) is 23.2 Å². The summed E-state index contributed by atoms with van der Waals surface area (Å²) in [6, 6.07) is 6.75. The lowest BCUT2D eigenvalue weighted by Crippen LogP contribution is -2.16. The van der Waals surface area contributed by atoms with Crippen molar-refractivity contribution in [2.24, 2.45) is 0 Å². The van der Waals surface area contributed by atoms with Crippen molar-refractivity contribution in [1.29, 1.82) is 0 Å². The highest BCUT2D eigenvalue weighted by atomic mass is 32.2. The second kappa shape index (κ2) is 6.70. The summed E-state index contributed by atoms with van der Waals surface area (Å²) in [5, 5.41) is 0. The Labute approximate surface area is 114 Å². The maximum Gasteiger partial charge on any atom is 0.307 e. The molecule has 0 saturated carbocycles. The summed E-state index contributed by atoms with van der Waals surface area (Å²) in [6.07, 6.45) is 0.524. The van der Waals surface area contributed by atoms with Gasteiger partial charge in [0.2, 0.25) is 0 Å². The summed E-state index contributed by atoms with van der Waals surface area (Å²) >= 11 is 0. The Morgan fingerprint density at radius 2 is 1.79 bits per heavy atom. The summed E-state index contributed by atoms with van der Waals surface area (Å²) < 4.78 is 28.9. The van der Waals surface area contributed by atoms with Gasteiger partial charge >= 0.3 is 5.97 Å². The third kappa shape index (κ3) is 5.03. The molecule has 0 N–H and O–H groups in total. The van der Waals surface area contributed by atoms with Gasteiger partial charge in [-0.2, -0.15) is 0 Å². The molecular weight excluding hydrogens is 264 g/mol. The second-order valence-corrected chi connectivity index (χ2v) is 6.71. The molecule has 19 heavy (non-hydrogen) atoms. The Morgan fingerprint density at radius 3 is 2.26 bits per heavy atom. The molecule has 0 atom stereocenters. The molecule has 0 aliphatic rings. The zero-order valence-corrected chi connectivity index (χ0v) is 12.4. The summed E-state index contributed by atoms with van der Waals surface area (Å²) in [5.41, 5.74) is 1.08. The van der Waals surface area contributed by atoms with E-state index in [1.165, 1.54) is 0 Å². The van der Waals surface area contributed by atoms with Crippen LogP contribution < -0.4 is 0 Å². The lowest BCUT2D eigenvalue weighted by molar-refractivity contribution is -0.146. The van der Waals surface area contributed by atoms with Crippen LogP contribution in [0.2, 0.25) is 0 Å². The van der Waals surface area contributed by atoms with Gasteiger partial charge in [0, 0.05) is 0 Å². The Kier molecular flexibility index (Phi) is 5.54. The minimum atomic E-state index is -3.42. The van der Waals surface area contributed by atoms with Crippen LogP contribution in [0.4, 0.5) is 0 Å². The molecule has 1 rings (SSSR count). The Morgan fingerprint density at radius 1 is 1.21 bits per heavy atom. The topological polar surface area (TPSA) is 60.4 Å². The zero-order chi connectivity index (χ0) is 14.5. The number of ether oxygens (including phenoxy) is 1. The van der Waals surface area contributed by atoms with E-state index in [2.05, 4.69) is 0 Å². The van der Waals surface area contributed by atoms with E-state index < -0.39 is 15.8 Å². The number of sulfone groups is 1. The largest absolute Gasteiger partial charge is 0.463 e. The summed E-state index contributed by atoms with van der Waals surface area (Å²) in [7, 11) is -3.42. The highest BCUT2D eigenvalue weighted by Crippen LogP contribution is 2.14. The van der Waals surface area contributed by atoms with Crippen LogP contribution in [-0.2, 0) is 25.8 Å². The molecule has 0 aromatic heterocycles. The molecule has 0 amide bonds. The van der Waals surface area contributed by atoms with Crippen molar-refractivity contribution in [1.82, 2.24) is 0 Å². The van der Waals surface area contributed by atoms with Crippen molar-refractivity contribution >= 4 is 15.8 Å². The van der Waals surface area contributed by atoms with E-state index in [1.54, 1.807) is 38.1 Å². The summed E-state index contributed by atoms with van der Waals surface area (Å²) in [4.78, 5) is 11.6. The molecule has 0 saturated heterocycles. The fourth-order valence-corrected chi connectivity index (χ4v) is 2.81. The predicted octanol–water partition coefficient (Wildman–Crippen LogP) is 2.36. The lowest BCUT2D eigenvalue weighted by atomic mass is 10.2. The van der Waals surface area contributed by atoms with Crippen molar-refractivity contribution in [3.05, 3.63) is 29.8 Å². The van der Waals surface area contributed by atoms with E-state index in [-0.39, 0.29) is 23.2 Å². The van der Waals surface area contributed by atoms with Crippen LogP contribution in [0.1, 0.15) is 32.8 Å². The Bertz CT molecular complexity index is 515. The normalized spacial score (nSPS) is 11.6. The van der Waals surface area contributed by atoms with Gasteiger partial charge in [0.1, 0.15) is 0 Å². The number of hydrogen-bond donors (Lipinski definition) is 0. The first-order valence-corrected chi connectivity index (χ1v) is 8.01. The first-order valence-electron chi connectivity index (χ1n) is 6.36. The van der Waals surface area contributed by atoms with Crippen molar-refractivity contribution in [3.63, 3.8) is 0 Å². The molecule has 4 nitrogen and oxygen atoms in total. The van der Waals surface area contributed by atoms with Crippen LogP contribution in [0.3, 0.4) is 0 Å². The molecule has 0 heterocycles. The monoisotopic (exact) mass is 284 g/mol. The number of carbonyl (C=O) groups excluding carboxylic acids is 1. The molecule has 0 aliphatic carbocycles. The first kappa shape index (κ1) is 15.7. The van der Waals surface area contributed by atoms with Crippen molar-refractivity contribution in [2.75, 3.05) is 5.75 Å². The van der Waals surface area contributed by atoms with E-state index in [9.17, 15) is 13.2 Å². The van der Waals surface area contributed by atoms with Crippen LogP contribution in [0.25, 0.3) is 0 Å². The minimum Gasteiger partial charge on any atom is -0.463 e. The van der Waals surface area contributed by atoms with Crippen molar-refractivity contribution in [3.8, 4) is 0 Å². The van der Waals surface area contributed by atoms with Crippen molar-refractivity contribution < 1.29 is 17.9 Å². The van der Waals surface area contributed by atoms with Crippen LogP contribution >= 0.6 is 0 Å². The van der Waals surface area contributed by atoms with Gasteiger partial charge in [-0.1, -0.05) is 19.1 Å². The maximum absolute atomic E-state index is 12.0. The molecule has 0 aliphatic heterocycles. The average molecular weight is 284 g/mol. The minimum absolute atomic E-state index is 0.115. The van der Waals surface area contributed by atoms with E-state index in [4.69, 9.17) is 4.74 Å². The molecule has 1 aromatic carbocycles. The van der Waals surface area contributed by atoms with Crippen LogP contribution in [0.15, 0.2) is 29.2 Å². The highest BCUT2D eigenvalue weighted by Gasteiger charge is 2.17. The van der Waals surface area contributed by atoms with Gasteiger partial charge in [0.25, 0.3) is 0 Å². The Balaban J connectivity index is 2.67. The van der Waals surface area contributed by atoms with Crippen LogP contribution in [0.5, 0.6) is 0 Å². The second-order valence-electron chi connectivity index (χ2n) is 4.60. The molecule has 0 unspecified atom stereocenters. The van der Waals surface area contributed by atoms with Gasteiger partial charge in [-0.15, -0.1) is 0 Å². The quantitative estimate of drug-likeness (QED) is 0.752. The number of hydrogen-bond acceptors (Lipinski definition) is 4. The van der Waals surface area contributed by atoms with Crippen LogP contribution in [-0.4, -0.2) is 26.2 Å². The van der Waals surface area contributed by atoms with Gasteiger partial charge in [-0.3, -0.25) is 4.79 Å². The Hall–Kier alpha value is -1.36. The smallest absolute Gasteiger partial charge is 0.307 e. The molecule has 0 spiro atoms. The number of carbonyl (C=O) groups is 1. The van der Waals surface area contributed by atoms with Gasteiger partial charge in [-0.25, -0.2) is 8.42 Å². The standard InChI is InChI=1S/C14H20O4S/c1-4-12-5-7-13(8-6-12)19(16,17)10-9-14(15)18-11(2)3/h5-8,11H,4,9-10H2,1-3H3.